The average Bonchev–Trinajstić information content (AvgIpc) is 2.86. The van der Waals surface area contributed by atoms with E-state index in [1.54, 1.807) is 13.2 Å². The van der Waals surface area contributed by atoms with Crippen molar-refractivity contribution >= 4 is 17.1 Å². The molecule has 0 aliphatic carbocycles. The van der Waals surface area contributed by atoms with Gasteiger partial charge in [-0.2, -0.15) is 0 Å². The molecule has 4 heteroatoms. The zero-order valence-electron chi connectivity index (χ0n) is 9.48. The number of aromatic nitrogens is 1. The molecule has 2 aromatic rings. The normalized spacial score (nSPS) is 11.0. The molecule has 0 aromatic carbocycles. The topological polar surface area (TPSA) is 43.1 Å². The summed E-state index contributed by atoms with van der Waals surface area (Å²) in [4.78, 5) is 16.7. The Hall–Kier alpha value is -1.42. The first-order valence-corrected chi connectivity index (χ1v) is 5.96. The Balaban J connectivity index is 2.51. The summed E-state index contributed by atoms with van der Waals surface area (Å²) >= 11 is 1.40. The maximum atomic E-state index is 11.5. The molecule has 0 unspecified atom stereocenters. The largest absolute Gasteiger partial charge is 0.462 e. The third-order valence-electron chi connectivity index (χ3n) is 2.25. The first-order valence-electron chi connectivity index (χ1n) is 5.15. The lowest BCUT2D eigenvalue weighted by atomic mass is 10.1. The summed E-state index contributed by atoms with van der Waals surface area (Å²) in [5, 5.41) is 0.777. The van der Waals surface area contributed by atoms with E-state index in [2.05, 4.69) is 4.98 Å². The second-order valence-corrected chi connectivity index (χ2v) is 4.92. The van der Waals surface area contributed by atoms with E-state index in [9.17, 15) is 4.79 Å². The van der Waals surface area contributed by atoms with E-state index in [1.165, 1.54) is 11.3 Å². The molecule has 0 saturated carbocycles. The zero-order chi connectivity index (χ0) is 11.7. The van der Waals surface area contributed by atoms with Crippen LogP contribution in [0.15, 0.2) is 22.8 Å². The lowest BCUT2D eigenvalue weighted by molar-refractivity contribution is 0.102. The summed E-state index contributed by atoms with van der Waals surface area (Å²) in [6, 6.07) is 3.67. The molecule has 0 N–H and O–H groups in total. The van der Waals surface area contributed by atoms with Gasteiger partial charge in [0.05, 0.1) is 16.8 Å². The van der Waals surface area contributed by atoms with Gasteiger partial charge >= 0.3 is 0 Å². The van der Waals surface area contributed by atoms with E-state index in [-0.39, 0.29) is 11.7 Å². The summed E-state index contributed by atoms with van der Waals surface area (Å²) in [7, 11) is 0. The molecular weight excluding hydrogens is 222 g/mol. The molecule has 0 saturated heterocycles. The van der Waals surface area contributed by atoms with Crippen LogP contribution in [0.5, 0.6) is 0 Å². The monoisotopic (exact) mass is 235 g/mol. The first kappa shape index (κ1) is 11.1. The highest BCUT2D eigenvalue weighted by Crippen LogP contribution is 2.32. The van der Waals surface area contributed by atoms with Crippen LogP contribution < -0.4 is 0 Å². The van der Waals surface area contributed by atoms with Crippen LogP contribution in [0.25, 0.3) is 10.8 Å². The summed E-state index contributed by atoms with van der Waals surface area (Å²) in [6.07, 6.45) is 1.61. The second-order valence-electron chi connectivity index (χ2n) is 3.92. The molecule has 84 valence electrons. The van der Waals surface area contributed by atoms with E-state index in [0.717, 1.165) is 21.3 Å². The van der Waals surface area contributed by atoms with Gasteiger partial charge in [0.1, 0.15) is 0 Å². The Bertz CT molecular complexity index is 497. The van der Waals surface area contributed by atoms with E-state index >= 15 is 0 Å². The molecule has 16 heavy (non-hydrogen) atoms. The van der Waals surface area contributed by atoms with Gasteiger partial charge in [-0.3, -0.25) is 4.79 Å². The smallest absolute Gasteiger partial charge is 0.171 e. The fraction of sp³-hybridized carbons (Fsp3) is 0.333. The van der Waals surface area contributed by atoms with Crippen LogP contribution in [0.1, 0.15) is 42.1 Å². The Kier molecular flexibility index (Phi) is 2.92. The number of nitrogens with zero attached hydrogens (tertiary/aromatic N) is 1. The molecule has 2 aromatic heterocycles. The van der Waals surface area contributed by atoms with Crippen molar-refractivity contribution in [3.63, 3.8) is 0 Å². The SMILES string of the molecule is CC(=O)c1sc(-c2ccco2)nc1C(C)C. The van der Waals surface area contributed by atoms with Crippen LogP contribution in [0.3, 0.4) is 0 Å². The number of carbonyl (C=O) groups is 1. The molecule has 0 aliphatic rings. The minimum atomic E-state index is 0.0685. The van der Waals surface area contributed by atoms with Crippen molar-refractivity contribution in [2.75, 3.05) is 0 Å². The Morgan fingerprint density at radius 1 is 1.50 bits per heavy atom. The number of Topliss-reactive ketones (excluding diaryl/α,β-unsaturated/α-hetero) is 1. The number of hydrogen-bond acceptors (Lipinski definition) is 4. The highest BCUT2D eigenvalue weighted by Gasteiger charge is 2.19. The van der Waals surface area contributed by atoms with Crippen LogP contribution in [0, 0.1) is 0 Å². The molecule has 0 amide bonds. The molecule has 0 radical (unpaired) electrons. The number of thiazole rings is 1. The number of rotatable bonds is 3. The van der Waals surface area contributed by atoms with Crippen LogP contribution in [-0.4, -0.2) is 10.8 Å². The maximum absolute atomic E-state index is 11.5. The minimum absolute atomic E-state index is 0.0685. The van der Waals surface area contributed by atoms with Gasteiger partial charge in [0.25, 0.3) is 0 Å². The van der Waals surface area contributed by atoms with Gasteiger partial charge in [0.15, 0.2) is 16.6 Å². The zero-order valence-corrected chi connectivity index (χ0v) is 10.3. The fourth-order valence-corrected chi connectivity index (χ4v) is 2.56. The number of furan rings is 1. The van der Waals surface area contributed by atoms with Crippen LogP contribution in [-0.2, 0) is 0 Å². The Morgan fingerprint density at radius 3 is 2.69 bits per heavy atom. The van der Waals surface area contributed by atoms with Crippen molar-refractivity contribution in [3.05, 3.63) is 29.0 Å². The van der Waals surface area contributed by atoms with Crippen molar-refractivity contribution in [1.82, 2.24) is 4.98 Å². The molecule has 2 heterocycles. The number of hydrogen-bond donors (Lipinski definition) is 0. The predicted octanol–water partition coefficient (Wildman–Crippen LogP) is 3.73. The predicted molar refractivity (Wildman–Crippen MR) is 63.9 cm³/mol. The van der Waals surface area contributed by atoms with Gasteiger partial charge in [0, 0.05) is 6.92 Å². The number of carbonyl (C=O) groups excluding carboxylic acids is 1. The van der Waals surface area contributed by atoms with Crippen molar-refractivity contribution in [2.24, 2.45) is 0 Å². The highest BCUT2D eigenvalue weighted by atomic mass is 32.1. The van der Waals surface area contributed by atoms with Crippen molar-refractivity contribution < 1.29 is 9.21 Å². The third kappa shape index (κ3) is 1.93. The second kappa shape index (κ2) is 4.22. The molecule has 0 spiro atoms. The van der Waals surface area contributed by atoms with Crippen LogP contribution in [0.4, 0.5) is 0 Å². The van der Waals surface area contributed by atoms with Gasteiger partial charge in [0.2, 0.25) is 0 Å². The van der Waals surface area contributed by atoms with Crippen molar-refractivity contribution in [3.8, 4) is 10.8 Å². The molecule has 0 aliphatic heterocycles. The maximum Gasteiger partial charge on any atom is 0.171 e. The first-order chi connectivity index (χ1) is 7.59. The van der Waals surface area contributed by atoms with Gasteiger partial charge in [-0.05, 0) is 18.1 Å². The Morgan fingerprint density at radius 2 is 2.25 bits per heavy atom. The van der Waals surface area contributed by atoms with Gasteiger partial charge in [-0.1, -0.05) is 13.8 Å². The lowest BCUT2D eigenvalue weighted by Gasteiger charge is -2.00. The Labute approximate surface area is 98.1 Å². The molecule has 0 atom stereocenters. The quantitative estimate of drug-likeness (QED) is 0.761. The average molecular weight is 235 g/mol. The van der Waals surface area contributed by atoms with E-state index in [1.807, 2.05) is 26.0 Å². The summed E-state index contributed by atoms with van der Waals surface area (Å²) < 4.78 is 5.28. The molecule has 2 rings (SSSR count). The van der Waals surface area contributed by atoms with Crippen LogP contribution >= 0.6 is 11.3 Å². The van der Waals surface area contributed by atoms with Crippen molar-refractivity contribution in [2.45, 2.75) is 26.7 Å². The van der Waals surface area contributed by atoms with Gasteiger partial charge in [-0.15, -0.1) is 11.3 Å². The summed E-state index contributed by atoms with van der Waals surface area (Å²) in [5.74, 6) is 1.04. The molecular formula is C12H13NO2S. The van der Waals surface area contributed by atoms with E-state index in [0.29, 0.717) is 0 Å². The lowest BCUT2D eigenvalue weighted by Crippen LogP contribution is -1.97. The minimum Gasteiger partial charge on any atom is -0.462 e. The standard InChI is InChI=1S/C12H13NO2S/c1-7(2)10-11(8(3)14)16-12(13-10)9-5-4-6-15-9/h4-7H,1-3H3. The third-order valence-corrected chi connectivity index (χ3v) is 3.44. The van der Waals surface area contributed by atoms with Crippen molar-refractivity contribution in [1.29, 1.82) is 0 Å². The molecule has 3 nitrogen and oxygen atoms in total. The van der Waals surface area contributed by atoms with E-state index in [4.69, 9.17) is 4.42 Å². The summed E-state index contributed by atoms with van der Waals surface area (Å²) in [5.41, 5.74) is 0.865. The highest BCUT2D eigenvalue weighted by molar-refractivity contribution is 7.17. The fourth-order valence-electron chi connectivity index (χ4n) is 1.48. The molecule has 0 fully saturated rings. The van der Waals surface area contributed by atoms with Gasteiger partial charge < -0.3 is 4.42 Å². The van der Waals surface area contributed by atoms with E-state index < -0.39 is 0 Å². The van der Waals surface area contributed by atoms with Gasteiger partial charge in [-0.25, -0.2) is 4.98 Å². The van der Waals surface area contributed by atoms with Crippen LogP contribution in [0.2, 0.25) is 0 Å². The number of ketones is 1. The summed E-state index contributed by atoms with van der Waals surface area (Å²) in [6.45, 7) is 5.64. The molecule has 0 bridgehead atoms.